The molecule has 0 saturated carbocycles. The van der Waals surface area contributed by atoms with E-state index in [1.165, 1.54) is 0 Å². The Balaban J connectivity index is 2.15. The first-order valence-electron chi connectivity index (χ1n) is 6.33. The molecule has 2 atom stereocenters. The molecule has 1 fully saturated rings. The van der Waals surface area contributed by atoms with E-state index < -0.39 is 11.9 Å². The first-order chi connectivity index (χ1) is 9.11. The molecule has 0 radical (unpaired) electrons. The van der Waals surface area contributed by atoms with Crippen LogP contribution in [0.4, 0.5) is 0 Å². The van der Waals surface area contributed by atoms with Gasteiger partial charge in [0, 0.05) is 12.1 Å². The van der Waals surface area contributed by atoms with Crippen molar-refractivity contribution < 1.29 is 14.3 Å². The van der Waals surface area contributed by atoms with Crippen LogP contribution >= 0.6 is 0 Å². The second-order valence-corrected chi connectivity index (χ2v) is 4.64. The van der Waals surface area contributed by atoms with Gasteiger partial charge in [0.1, 0.15) is 6.04 Å². The summed E-state index contributed by atoms with van der Waals surface area (Å²) in [6.07, 6.45) is 0. The second kappa shape index (κ2) is 5.95. The number of Topliss-reactive ketones (excluding diaryl/α,β-unsaturated/α-hetero) is 1. The maximum absolute atomic E-state index is 12.4. The average molecular weight is 262 g/mol. The van der Waals surface area contributed by atoms with E-state index in [9.17, 15) is 9.59 Å². The number of benzene rings is 1. The summed E-state index contributed by atoms with van der Waals surface area (Å²) in [7, 11) is 0. The number of carbonyl (C=O) groups is 2. The molecule has 1 amide bonds. The van der Waals surface area contributed by atoms with Crippen LogP contribution in [0.15, 0.2) is 30.3 Å². The third-order valence-electron chi connectivity index (χ3n) is 3.43. The topological polar surface area (TPSA) is 72.6 Å². The van der Waals surface area contributed by atoms with E-state index in [4.69, 9.17) is 10.5 Å². The lowest BCUT2D eigenvalue weighted by molar-refractivity contribution is -0.130. The fourth-order valence-corrected chi connectivity index (χ4v) is 2.32. The number of rotatable bonds is 4. The zero-order chi connectivity index (χ0) is 13.8. The van der Waals surface area contributed by atoms with Crippen LogP contribution in [0.1, 0.15) is 17.3 Å². The summed E-state index contributed by atoms with van der Waals surface area (Å²) in [5.41, 5.74) is 6.01. The number of primary amides is 1. The Labute approximate surface area is 112 Å². The molecular formula is C14H18N2O3. The number of morpholine rings is 1. The lowest BCUT2D eigenvalue weighted by atomic mass is 10.0. The molecule has 5 nitrogen and oxygen atoms in total. The summed E-state index contributed by atoms with van der Waals surface area (Å²) in [5, 5.41) is 0. The van der Waals surface area contributed by atoms with Gasteiger partial charge in [-0.05, 0) is 6.92 Å². The first kappa shape index (κ1) is 13.7. The number of ether oxygens (including phenoxy) is 1. The van der Waals surface area contributed by atoms with Crippen molar-refractivity contribution in [2.24, 2.45) is 5.73 Å². The maximum Gasteiger partial charge on any atom is 0.237 e. The Morgan fingerprint density at radius 3 is 2.68 bits per heavy atom. The van der Waals surface area contributed by atoms with Crippen molar-refractivity contribution in [1.82, 2.24) is 4.90 Å². The summed E-state index contributed by atoms with van der Waals surface area (Å²) < 4.78 is 5.26. The minimum atomic E-state index is -0.531. The van der Waals surface area contributed by atoms with E-state index >= 15 is 0 Å². The highest BCUT2D eigenvalue weighted by Crippen LogP contribution is 2.15. The molecule has 1 aliphatic heterocycles. The number of ketones is 1. The van der Waals surface area contributed by atoms with Crippen molar-refractivity contribution in [3.05, 3.63) is 35.9 Å². The zero-order valence-electron chi connectivity index (χ0n) is 10.9. The van der Waals surface area contributed by atoms with Crippen LogP contribution in [0.2, 0.25) is 0 Å². The normalized spacial score (nSPS) is 21.8. The van der Waals surface area contributed by atoms with Crippen molar-refractivity contribution in [3.8, 4) is 0 Å². The summed E-state index contributed by atoms with van der Waals surface area (Å²) in [4.78, 5) is 25.6. The van der Waals surface area contributed by atoms with Gasteiger partial charge in [0.15, 0.2) is 5.78 Å². The first-order valence-corrected chi connectivity index (χ1v) is 6.33. The molecule has 2 rings (SSSR count). The Kier molecular flexibility index (Phi) is 4.29. The minimum Gasteiger partial charge on any atom is -0.378 e. The maximum atomic E-state index is 12.4. The van der Waals surface area contributed by atoms with Crippen molar-refractivity contribution >= 4 is 11.7 Å². The second-order valence-electron chi connectivity index (χ2n) is 4.64. The molecule has 1 heterocycles. The average Bonchev–Trinajstić information content (AvgIpc) is 2.46. The van der Waals surface area contributed by atoms with Gasteiger partial charge in [-0.3, -0.25) is 14.5 Å². The molecule has 19 heavy (non-hydrogen) atoms. The van der Waals surface area contributed by atoms with Crippen LogP contribution in [0.3, 0.4) is 0 Å². The highest BCUT2D eigenvalue weighted by molar-refractivity contribution is 6.00. The largest absolute Gasteiger partial charge is 0.378 e. The highest BCUT2D eigenvalue weighted by atomic mass is 16.5. The van der Waals surface area contributed by atoms with E-state index in [1.807, 2.05) is 23.1 Å². The van der Waals surface area contributed by atoms with Crippen LogP contribution in [-0.2, 0) is 9.53 Å². The van der Waals surface area contributed by atoms with Gasteiger partial charge in [-0.25, -0.2) is 0 Å². The van der Waals surface area contributed by atoms with Crippen molar-refractivity contribution in [2.45, 2.75) is 19.0 Å². The lowest BCUT2D eigenvalue weighted by Gasteiger charge is -2.37. The Hall–Kier alpha value is -1.72. The standard InChI is InChI=1S/C14H18N2O3/c1-10(13(17)11-5-3-2-4-6-11)16-7-8-19-9-12(16)14(15)18/h2-6,10,12H,7-9H2,1H3,(H2,15,18). The molecule has 1 saturated heterocycles. The number of hydrogen-bond donors (Lipinski definition) is 1. The van der Waals surface area contributed by atoms with E-state index in [-0.39, 0.29) is 18.4 Å². The fraction of sp³-hybridized carbons (Fsp3) is 0.429. The minimum absolute atomic E-state index is 0.00579. The predicted molar refractivity (Wildman–Crippen MR) is 70.7 cm³/mol. The zero-order valence-corrected chi connectivity index (χ0v) is 10.9. The predicted octanol–water partition coefficient (Wildman–Crippen LogP) is 0.444. The van der Waals surface area contributed by atoms with E-state index in [0.717, 1.165) is 0 Å². The van der Waals surface area contributed by atoms with Crippen molar-refractivity contribution in [2.75, 3.05) is 19.8 Å². The van der Waals surface area contributed by atoms with Crippen molar-refractivity contribution in [3.63, 3.8) is 0 Å². The van der Waals surface area contributed by atoms with E-state index in [1.54, 1.807) is 19.1 Å². The Morgan fingerprint density at radius 1 is 1.37 bits per heavy atom. The Morgan fingerprint density at radius 2 is 2.05 bits per heavy atom. The smallest absolute Gasteiger partial charge is 0.237 e. The number of nitrogens with zero attached hydrogens (tertiary/aromatic N) is 1. The van der Waals surface area contributed by atoms with Gasteiger partial charge in [-0.1, -0.05) is 30.3 Å². The molecule has 0 aromatic heterocycles. The number of hydrogen-bond acceptors (Lipinski definition) is 4. The molecule has 102 valence electrons. The van der Waals surface area contributed by atoms with Gasteiger partial charge in [-0.15, -0.1) is 0 Å². The summed E-state index contributed by atoms with van der Waals surface area (Å²) in [6, 6.07) is 8.15. The lowest BCUT2D eigenvalue weighted by Crippen LogP contribution is -2.57. The summed E-state index contributed by atoms with van der Waals surface area (Å²) >= 11 is 0. The highest BCUT2D eigenvalue weighted by Gasteiger charge is 2.34. The van der Waals surface area contributed by atoms with Gasteiger partial charge < -0.3 is 10.5 Å². The number of amides is 1. The molecule has 2 unspecified atom stereocenters. The van der Waals surface area contributed by atoms with Crippen LogP contribution in [0.25, 0.3) is 0 Å². The van der Waals surface area contributed by atoms with Gasteiger partial charge >= 0.3 is 0 Å². The summed E-state index contributed by atoms with van der Waals surface area (Å²) in [6.45, 7) is 3.10. The number of nitrogens with two attached hydrogens (primary N) is 1. The molecule has 1 aromatic rings. The molecule has 0 bridgehead atoms. The van der Waals surface area contributed by atoms with Crippen LogP contribution in [-0.4, -0.2) is 48.4 Å². The van der Waals surface area contributed by atoms with Crippen LogP contribution in [0, 0.1) is 0 Å². The summed E-state index contributed by atoms with van der Waals surface area (Å²) in [5.74, 6) is -0.457. The molecule has 1 aliphatic rings. The van der Waals surface area contributed by atoms with E-state index in [0.29, 0.717) is 18.7 Å². The molecule has 0 spiro atoms. The molecular weight excluding hydrogens is 244 g/mol. The quantitative estimate of drug-likeness (QED) is 0.799. The van der Waals surface area contributed by atoms with Crippen LogP contribution < -0.4 is 5.73 Å². The van der Waals surface area contributed by atoms with Crippen LogP contribution in [0.5, 0.6) is 0 Å². The fourth-order valence-electron chi connectivity index (χ4n) is 2.32. The third-order valence-corrected chi connectivity index (χ3v) is 3.43. The van der Waals surface area contributed by atoms with E-state index in [2.05, 4.69) is 0 Å². The van der Waals surface area contributed by atoms with Gasteiger partial charge in [0.25, 0.3) is 0 Å². The monoisotopic (exact) mass is 262 g/mol. The number of carbonyl (C=O) groups excluding carboxylic acids is 2. The SMILES string of the molecule is CC(C(=O)c1ccccc1)N1CCOCC1C(N)=O. The third kappa shape index (κ3) is 3.00. The van der Waals surface area contributed by atoms with Gasteiger partial charge in [0.05, 0.1) is 19.3 Å². The molecule has 5 heteroatoms. The van der Waals surface area contributed by atoms with Gasteiger partial charge in [0.2, 0.25) is 5.91 Å². The molecule has 0 aliphatic carbocycles. The van der Waals surface area contributed by atoms with Crippen molar-refractivity contribution in [1.29, 1.82) is 0 Å². The molecule has 1 aromatic carbocycles. The Bertz CT molecular complexity index is 461. The molecule has 2 N–H and O–H groups in total. The van der Waals surface area contributed by atoms with Gasteiger partial charge in [-0.2, -0.15) is 0 Å².